The van der Waals surface area contributed by atoms with E-state index in [4.69, 9.17) is 6.85 Å². The highest BCUT2D eigenvalue weighted by Crippen LogP contribution is 1.88. The van der Waals surface area contributed by atoms with Crippen LogP contribution in [0.2, 0.25) is 0 Å². The Labute approximate surface area is 100 Å². The van der Waals surface area contributed by atoms with Crippen LogP contribution >= 0.6 is 0 Å². The Morgan fingerprint density at radius 1 is 0.846 bits per heavy atom. The number of hydrogen-bond acceptors (Lipinski definition) is 0. The lowest BCUT2D eigenvalue weighted by molar-refractivity contribution is 0.772. The second-order valence-electron chi connectivity index (χ2n) is 0.854. The van der Waals surface area contributed by atoms with Gasteiger partial charge >= 0.3 is 0 Å². The molecule has 0 bridgehead atoms. The predicted octanol–water partition coefficient (Wildman–Crippen LogP) is 7.29. The number of hydrogen-bond donors (Lipinski definition) is 0. The zero-order chi connectivity index (χ0) is 8.41. The Kier molecular flexibility index (Phi) is 287. The molecule has 0 rings (SSSR count). The minimum Gasteiger partial charge on any atom is -0.0776 e. The Morgan fingerprint density at radius 2 is 1.15 bits per heavy atom. The Bertz CT molecular complexity index is 88.9. The molecule has 0 atom stereocenters. The summed E-state index contributed by atoms with van der Waals surface area (Å²) in [5.74, 6) is 0. The van der Waals surface area contributed by atoms with E-state index >= 15 is 0 Å². The highest BCUT2D eigenvalue weighted by molar-refractivity contribution is 4.24. The minimum atomic E-state index is -1.98. The molecule has 96 valence electrons. The lowest BCUT2D eigenvalue weighted by atomic mass is 10.3. The monoisotopic (exact) mass is 210 g/mol. The molecule has 13 heavy (non-hydrogen) atoms. The van der Waals surface area contributed by atoms with E-state index in [9.17, 15) is 0 Å². The van der Waals surface area contributed by atoms with Gasteiger partial charge in [0, 0.05) is 6.85 Å². The van der Waals surface area contributed by atoms with Crippen LogP contribution in [-0.4, -0.2) is 0 Å². The standard InChI is InChI=1S/C5H12.8CH4/c1-3-5-4-2;;;;;;;;/h3-5H2,1-2H3;8*1H4/i1T3,4T2;;;;;;;;. The van der Waals surface area contributed by atoms with Gasteiger partial charge in [0.05, 0.1) is 0 Å². The fraction of sp³-hybridized carbons (Fsp3) is 1.00. The van der Waals surface area contributed by atoms with Gasteiger partial charge in [-0.05, 0) is 0 Å². The average Bonchev–Trinajstić information content (AvgIpc) is 1.57. The molecule has 0 heterocycles. The zero-order valence-corrected chi connectivity index (χ0v) is 3.41. The highest BCUT2D eigenvalue weighted by atomic mass is 13.7. The van der Waals surface area contributed by atoms with E-state index in [1.165, 1.54) is 6.92 Å². The van der Waals surface area contributed by atoms with Crippen LogP contribution in [0, 0.1) is 0 Å². The second kappa shape index (κ2) is 161. The molecule has 0 amide bonds. The van der Waals surface area contributed by atoms with Crippen LogP contribution in [0.1, 0.15) is 99.3 Å². The Hall–Kier alpha value is 0. The molecule has 0 fully saturated rings. The molecule has 0 spiro atoms. The van der Waals surface area contributed by atoms with Gasteiger partial charge in [-0.3, -0.25) is 0 Å². The SMILES string of the molecule is C.C.C.C.C.C.C.C.[3H]C([3H])([3H])CCC([3H])([3H])C. The van der Waals surface area contributed by atoms with Gasteiger partial charge in [0.1, 0.15) is 0 Å². The molecule has 0 aromatic heterocycles. The van der Waals surface area contributed by atoms with Crippen molar-refractivity contribution in [1.82, 2.24) is 0 Å². The summed E-state index contributed by atoms with van der Waals surface area (Å²) >= 11 is 0. The van der Waals surface area contributed by atoms with Crippen LogP contribution in [0.15, 0.2) is 0 Å². The van der Waals surface area contributed by atoms with Crippen molar-refractivity contribution in [1.29, 1.82) is 0 Å². The molecular formula is C13H44. The summed E-state index contributed by atoms with van der Waals surface area (Å²) in [6, 6.07) is 0. The van der Waals surface area contributed by atoms with Crippen LogP contribution in [0.4, 0.5) is 0 Å². The molecule has 0 nitrogen and oxygen atoms in total. The van der Waals surface area contributed by atoms with E-state index in [0.717, 1.165) is 0 Å². The normalized spacial score (nSPS) is 11.0. The van der Waals surface area contributed by atoms with Gasteiger partial charge in [0.15, 0.2) is 0 Å². The van der Waals surface area contributed by atoms with E-state index in [0.29, 0.717) is 0 Å². The minimum absolute atomic E-state index is 0. The maximum absolute atomic E-state index is 7.03. The van der Waals surface area contributed by atoms with Crippen molar-refractivity contribution in [3.8, 4) is 0 Å². The topological polar surface area (TPSA) is 0 Å². The van der Waals surface area contributed by atoms with Gasteiger partial charge in [-0.2, -0.15) is 0 Å². The van der Waals surface area contributed by atoms with Gasteiger partial charge in [0.25, 0.3) is 0 Å². The highest BCUT2D eigenvalue weighted by Gasteiger charge is 1.68. The van der Waals surface area contributed by atoms with Crippen molar-refractivity contribution in [3.05, 3.63) is 0 Å². The maximum Gasteiger partial charge on any atom is 0.0264 e. The molecule has 0 saturated carbocycles. The second-order valence-corrected chi connectivity index (χ2v) is 0.854. The third-order valence-electron chi connectivity index (χ3n) is 0.375. The van der Waals surface area contributed by atoms with Crippen molar-refractivity contribution in [2.24, 2.45) is 0 Å². The van der Waals surface area contributed by atoms with Gasteiger partial charge < -0.3 is 0 Å². The van der Waals surface area contributed by atoms with Gasteiger partial charge in [-0.15, -0.1) is 0 Å². The first-order valence-electron chi connectivity index (χ1n) is 4.21. The summed E-state index contributed by atoms with van der Waals surface area (Å²) < 4.78 is 34.4. The summed E-state index contributed by atoms with van der Waals surface area (Å²) in [7, 11) is 0. The van der Waals surface area contributed by atoms with E-state index in [2.05, 4.69) is 0 Å². The molecule has 0 aromatic rings. The maximum atomic E-state index is 7.03. The quantitative estimate of drug-likeness (QED) is 0.449. The van der Waals surface area contributed by atoms with Gasteiger partial charge in [0.2, 0.25) is 0 Å². The van der Waals surface area contributed by atoms with Crippen molar-refractivity contribution in [2.75, 3.05) is 0 Å². The molecule has 0 unspecified atom stereocenters. The molecule has 0 saturated heterocycles. The molecule has 0 aliphatic rings. The molecular weight excluding hydrogens is 156 g/mol. The van der Waals surface area contributed by atoms with E-state index in [1.807, 2.05) is 0 Å². The lowest BCUT2D eigenvalue weighted by Gasteiger charge is -1.79. The first-order chi connectivity index (χ1) is 4.21. The van der Waals surface area contributed by atoms with E-state index < -0.39 is 13.2 Å². The lowest BCUT2D eigenvalue weighted by Crippen LogP contribution is -1.59. The molecule has 0 aromatic carbocycles. The van der Waals surface area contributed by atoms with Crippen LogP contribution in [0.5, 0.6) is 0 Å². The van der Waals surface area contributed by atoms with Crippen LogP contribution in [-0.2, 0) is 0 Å². The third kappa shape index (κ3) is 300. The summed E-state index contributed by atoms with van der Waals surface area (Å²) in [4.78, 5) is 0. The Balaban J connectivity index is -0.0000000145. The number of rotatable bonds is 2. The molecule has 0 radical (unpaired) electrons. The van der Waals surface area contributed by atoms with Crippen LogP contribution < -0.4 is 0 Å². The summed E-state index contributed by atoms with van der Waals surface area (Å²) in [6.45, 7) is -0.595. The molecule has 0 heteroatoms. The summed E-state index contributed by atoms with van der Waals surface area (Å²) in [5, 5.41) is 0. The largest absolute Gasteiger partial charge is 0.0776 e. The predicted molar refractivity (Wildman–Crippen MR) is 79.0 cm³/mol. The first-order valence-corrected chi connectivity index (χ1v) is 1.71. The molecule has 0 aliphatic heterocycles. The summed E-state index contributed by atoms with van der Waals surface area (Å²) in [5.41, 5.74) is 0. The van der Waals surface area contributed by atoms with E-state index in [1.54, 1.807) is 0 Å². The fourth-order valence-electron chi connectivity index (χ4n) is 0.125. The van der Waals surface area contributed by atoms with Gasteiger partial charge in [-0.1, -0.05) is 92.4 Å². The summed E-state index contributed by atoms with van der Waals surface area (Å²) in [6.07, 6.45) is -1.30. The van der Waals surface area contributed by atoms with Crippen molar-refractivity contribution in [2.45, 2.75) is 92.4 Å². The van der Waals surface area contributed by atoms with Crippen molar-refractivity contribution < 1.29 is 6.85 Å². The van der Waals surface area contributed by atoms with Crippen molar-refractivity contribution in [3.63, 3.8) is 0 Å². The van der Waals surface area contributed by atoms with Gasteiger partial charge in [-0.25, -0.2) is 0 Å². The zero-order valence-electron chi connectivity index (χ0n) is 8.41. The van der Waals surface area contributed by atoms with Crippen LogP contribution in [0.3, 0.4) is 0 Å². The van der Waals surface area contributed by atoms with Crippen molar-refractivity contribution >= 4 is 0 Å². The third-order valence-corrected chi connectivity index (χ3v) is 0.375. The molecule has 0 N–H and O–H groups in total. The van der Waals surface area contributed by atoms with E-state index in [-0.39, 0.29) is 72.3 Å². The van der Waals surface area contributed by atoms with Crippen LogP contribution in [0.25, 0.3) is 0 Å². The smallest absolute Gasteiger partial charge is 0.0264 e. The fourth-order valence-corrected chi connectivity index (χ4v) is 0.125. The molecule has 0 aliphatic carbocycles. The first kappa shape index (κ1) is 23.1. The average molecular weight is 211 g/mol. The Morgan fingerprint density at radius 3 is 1.23 bits per heavy atom.